The molecule has 0 radical (unpaired) electrons. The fourth-order valence-corrected chi connectivity index (χ4v) is 8.15. The van der Waals surface area contributed by atoms with Gasteiger partial charge in [-0.15, -0.1) is 11.3 Å². The molecule has 0 aliphatic rings. The molecule has 41 heavy (non-hydrogen) atoms. The Morgan fingerprint density at radius 2 is 1.56 bits per heavy atom. The van der Waals surface area contributed by atoms with E-state index in [9.17, 15) is 26.7 Å². The van der Waals surface area contributed by atoms with E-state index in [-0.39, 0.29) is 37.7 Å². The van der Waals surface area contributed by atoms with E-state index in [4.69, 9.17) is 4.42 Å². The van der Waals surface area contributed by atoms with E-state index in [1.807, 2.05) is 6.92 Å². The zero-order chi connectivity index (χ0) is 29.5. The number of aromatic nitrogens is 1. The number of phenols is 1. The van der Waals surface area contributed by atoms with Gasteiger partial charge >= 0.3 is 0 Å². The molecular formula is C26H19Br2N3O7S3. The first kappa shape index (κ1) is 29.3. The van der Waals surface area contributed by atoms with Crippen molar-refractivity contribution >= 4 is 91.4 Å². The second-order valence-electron chi connectivity index (χ2n) is 8.62. The van der Waals surface area contributed by atoms with Crippen molar-refractivity contribution in [2.75, 3.05) is 9.44 Å². The third-order valence-electron chi connectivity index (χ3n) is 5.90. The first-order valence-electron chi connectivity index (χ1n) is 11.7. The highest BCUT2D eigenvalue weighted by Gasteiger charge is 2.25. The molecule has 0 saturated heterocycles. The molecule has 212 valence electrons. The molecule has 0 atom stereocenters. The van der Waals surface area contributed by atoms with Gasteiger partial charge in [0.1, 0.15) is 17.1 Å². The number of halogens is 2. The molecule has 2 aromatic heterocycles. The fraction of sp³-hybridized carbons (Fsp3) is 0.0769. The number of rotatable bonds is 9. The summed E-state index contributed by atoms with van der Waals surface area (Å²) >= 11 is 7.44. The first-order valence-corrected chi connectivity index (χ1v) is 17.2. The van der Waals surface area contributed by atoms with E-state index < -0.39 is 20.0 Å². The van der Waals surface area contributed by atoms with Crippen LogP contribution in [-0.4, -0.2) is 32.7 Å². The van der Waals surface area contributed by atoms with Crippen molar-refractivity contribution in [2.24, 2.45) is 0 Å². The molecule has 0 saturated carbocycles. The molecule has 0 spiro atoms. The minimum Gasteiger partial charge on any atom is -0.506 e. The first-order chi connectivity index (χ1) is 19.4. The standard InChI is InChI=1S/C26H19Br2N3O7S3/c1-2-21-23(24(32)14-11-19(27)25(33)20(28)12-14)18-8-7-17(13-22(18)38-21)40(34,35)30-15-3-5-16(6-4-15)31-41(36,37)26-29-9-10-39-26/h3-13,30-31,33H,2H2,1H3. The third kappa shape index (κ3) is 5.90. The van der Waals surface area contributed by atoms with Gasteiger partial charge in [-0.05, 0) is 80.4 Å². The summed E-state index contributed by atoms with van der Waals surface area (Å²) in [5, 5.41) is 12.0. The van der Waals surface area contributed by atoms with Crippen LogP contribution in [-0.2, 0) is 26.5 Å². The number of nitrogens with one attached hydrogen (secondary N) is 2. The highest BCUT2D eigenvalue weighted by molar-refractivity contribution is 9.11. The van der Waals surface area contributed by atoms with Crippen molar-refractivity contribution in [3.05, 3.63) is 92.0 Å². The largest absolute Gasteiger partial charge is 0.506 e. The molecule has 15 heteroatoms. The van der Waals surface area contributed by atoms with Crippen LogP contribution in [0.4, 0.5) is 11.4 Å². The van der Waals surface area contributed by atoms with Crippen molar-refractivity contribution in [2.45, 2.75) is 22.6 Å². The Balaban J connectivity index is 1.41. The van der Waals surface area contributed by atoms with Crippen molar-refractivity contribution in [1.82, 2.24) is 4.98 Å². The normalized spacial score (nSPS) is 12.0. The van der Waals surface area contributed by atoms with E-state index >= 15 is 0 Å². The second-order valence-corrected chi connectivity index (χ2v) is 14.8. The van der Waals surface area contributed by atoms with Crippen LogP contribution in [0.25, 0.3) is 11.0 Å². The van der Waals surface area contributed by atoms with E-state index in [0.29, 0.717) is 37.6 Å². The van der Waals surface area contributed by atoms with Crippen molar-refractivity contribution < 1.29 is 31.2 Å². The number of hydrogen-bond acceptors (Lipinski definition) is 9. The monoisotopic (exact) mass is 739 g/mol. The quantitative estimate of drug-likeness (QED) is 0.144. The van der Waals surface area contributed by atoms with E-state index in [0.717, 1.165) is 11.3 Å². The molecule has 5 aromatic rings. The van der Waals surface area contributed by atoms with Crippen LogP contribution in [0.3, 0.4) is 0 Å². The summed E-state index contributed by atoms with van der Waals surface area (Å²) in [6.45, 7) is 1.82. The number of anilines is 2. The number of furan rings is 1. The van der Waals surface area contributed by atoms with Gasteiger partial charge < -0.3 is 9.52 Å². The number of nitrogens with zero attached hydrogens (tertiary/aromatic N) is 1. The maximum Gasteiger partial charge on any atom is 0.289 e. The maximum atomic E-state index is 13.5. The Morgan fingerprint density at radius 1 is 0.951 bits per heavy atom. The average Bonchev–Trinajstić information content (AvgIpc) is 3.60. The molecular weight excluding hydrogens is 722 g/mol. The summed E-state index contributed by atoms with van der Waals surface area (Å²) in [4.78, 5) is 17.2. The number of ketones is 1. The van der Waals surface area contributed by atoms with Gasteiger partial charge in [0.15, 0.2) is 5.78 Å². The molecule has 0 aliphatic carbocycles. The minimum atomic E-state index is -4.07. The number of carbonyl (C=O) groups excluding carboxylic acids is 1. The van der Waals surface area contributed by atoms with E-state index in [1.54, 1.807) is 5.38 Å². The van der Waals surface area contributed by atoms with Crippen LogP contribution in [0.15, 0.2) is 88.8 Å². The van der Waals surface area contributed by atoms with Crippen molar-refractivity contribution in [1.29, 1.82) is 0 Å². The molecule has 0 fully saturated rings. The molecule has 2 heterocycles. The molecule has 0 aliphatic heterocycles. The number of carbonyl (C=O) groups is 1. The predicted molar refractivity (Wildman–Crippen MR) is 163 cm³/mol. The van der Waals surface area contributed by atoms with Crippen LogP contribution < -0.4 is 9.44 Å². The number of phenolic OH excluding ortho intramolecular Hbond substituents is 1. The lowest BCUT2D eigenvalue weighted by molar-refractivity contribution is 0.103. The Morgan fingerprint density at radius 3 is 2.12 bits per heavy atom. The highest BCUT2D eigenvalue weighted by Crippen LogP contribution is 2.36. The number of thiazole rings is 1. The summed E-state index contributed by atoms with van der Waals surface area (Å²) < 4.78 is 62.4. The van der Waals surface area contributed by atoms with Gasteiger partial charge in [-0.1, -0.05) is 6.92 Å². The van der Waals surface area contributed by atoms with Gasteiger partial charge in [0.25, 0.3) is 20.0 Å². The smallest absolute Gasteiger partial charge is 0.289 e. The molecule has 0 bridgehead atoms. The lowest BCUT2D eigenvalue weighted by atomic mass is 9.99. The minimum absolute atomic E-state index is 0.0386. The van der Waals surface area contributed by atoms with Gasteiger partial charge in [-0.3, -0.25) is 14.2 Å². The van der Waals surface area contributed by atoms with Gasteiger partial charge in [0.2, 0.25) is 4.34 Å². The predicted octanol–water partition coefficient (Wildman–Crippen LogP) is 6.51. The van der Waals surface area contributed by atoms with Crippen LogP contribution in [0.1, 0.15) is 28.6 Å². The molecule has 10 nitrogen and oxygen atoms in total. The number of fused-ring (bicyclic) bond motifs is 1. The van der Waals surface area contributed by atoms with Crippen LogP contribution in [0.5, 0.6) is 5.75 Å². The van der Waals surface area contributed by atoms with Gasteiger partial charge in [0, 0.05) is 46.4 Å². The number of aromatic hydroxyl groups is 1. The Hall–Kier alpha value is -3.24. The van der Waals surface area contributed by atoms with E-state index in [2.05, 4.69) is 46.3 Å². The fourth-order valence-electron chi connectivity index (χ4n) is 4.00. The Bertz CT molecular complexity index is 1980. The van der Waals surface area contributed by atoms with Crippen LogP contribution >= 0.6 is 43.2 Å². The maximum absolute atomic E-state index is 13.5. The second kappa shape index (κ2) is 11.2. The number of hydrogen-bond donors (Lipinski definition) is 3. The van der Waals surface area contributed by atoms with Gasteiger partial charge in [0.05, 0.1) is 19.4 Å². The molecule has 3 N–H and O–H groups in total. The number of benzene rings is 3. The van der Waals surface area contributed by atoms with Crippen molar-refractivity contribution in [3.8, 4) is 5.75 Å². The number of aryl methyl sites for hydroxylation is 1. The van der Waals surface area contributed by atoms with Gasteiger partial charge in [-0.2, -0.15) is 8.42 Å². The molecule has 5 rings (SSSR count). The summed E-state index contributed by atoms with van der Waals surface area (Å²) in [6.07, 6.45) is 1.77. The van der Waals surface area contributed by atoms with Gasteiger partial charge in [-0.25, -0.2) is 13.4 Å². The summed E-state index contributed by atoms with van der Waals surface area (Å²) in [5.41, 5.74) is 1.26. The van der Waals surface area contributed by atoms with Crippen LogP contribution in [0.2, 0.25) is 0 Å². The lowest BCUT2D eigenvalue weighted by Gasteiger charge is -2.10. The molecule has 0 unspecified atom stereocenters. The summed E-state index contributed by atoms with van der Waals surface area (Å²) in [5.74, 6) is 0.00759. The topological polar surface area (TPSA) is 156 Å². The molecule has 0 amide bonds. The number of sulfonamides is 2. The summed E-state index contributed by atoms with van der Waals surface area (Å²) in [6, 6.07) is 12.9. The molecule has 3 aromatic carbocycles. The van der Waals surface area contributed by atoms with Crippen molar-refractivity contribution in [3.63, 3.8) is 0 Å². The lowest BCUT2D eigenvalue weighted by Crippen LogP contribution is -2.14. The zero-order valence-electron chi connectivity index (χ0n) is 20.9. The summed E-state index contributed by atoms with van der Waals surface area (Å²) in [7, 11) is -7.92. The Kier molecular flexibility index (Phi) is 8.00. The zero-order valence-corrected chi connectivity index (χ0v) is 26.5. The third-order valence-corrected chi connectivity index (χ3v) is 11.1. The van der Waals surface area contributed by atoms with E-state index in [1.165, 1.54) is 60.8 Å². The van der Waals surface area contributed by atoms with Crippen LogP contribution in [0, 0.1) is 0 Å². The Labute approximate surface area is 255 Å². The SMILES string of the molecule is CCc1oc2cc(S(=O)(=O)Nc3ccc(NS(=O)(=O)c4nccs4)cc3)ccc2c1C(=O)c1cc(Br)c(O)c(Br)c1. The average molecular weight is 741 g/mol. The highest BCUT2D eigenvalue weighted by atomic mass is 79.9.